The quantitative estimate of drug-likeness (QED) is 0.898. The molecular weight excluding hydrogens is 256 g/mol. The Labute approximate surface area is 117 Å². The van der Waals surface area contributed by atoms with E-state index in [-0.39, 0.29) is 5.75 Å². The molecule has 0 bridgehead atoms. The van der Waals surface area contributed by atoms with Gasteiger partial charge in [0.2, 0.25) is 0 Å². The smallest absolute Gasteiger partial charge is 0.161 e. The number of ether oxygens (including phenoxy) is 2. The van der Waals surface area contributed by atoms with Crippen LogP contribution in [0.15, 0.2) is 48.5 Å². The lowest BCUT2D eigenvalue weighted by Gasteiger charge is -2.29. The van der Waals surface area contributed by atoms with Crippen molar-refractivity contribution in [3.05, 3.63) is 54.1 Å². The van der Waals surface area contributed by atoms with E-state index < -0.39 is 12.2 Å². The molecule has 1 aliphatic heterocycles. The molecule has 0 spiro atoms. The molecule has 0 aromatic heterocycles. The predicted molar refractivity (Wildman–Crippen MR) is 74.2 cm³/mol. The summed E-state index contributed by atoms with van der Waals surface area (Å²) in [5.41, 5.74) is 0.942. The highest BCUT2D eigenvalue weighted by atomic mass is 16.6. The first-order valence-electron chi connectivity index (χ1n) is 6.57. The van der Waals surface area contributed by atoms with Gasteiger partial charge in [-0.1, -0.05) is 24.3 Å². The molecule has 2 aromatic rings. The lowest BCUT2D eigenvalue weighted by molar-refractivity contribution is -0.00941. The number of benzene rings is 2. The van der Waals surface area contributed by atoms with Crippen molar-refractivity contribution in [1.82, 2.24) is 0 Å². The lowest BCUT2D eigenvalue weighted by atomic mass is 10.0. The summed E-state index contributed by atoms with van der Waals surface area (Å²) in [6.45, 7) is 0.330. The molecule has 3 rings (SSSR count). The van der Waals surface area contributed by atoms with Gasteiger partial charge in [-0.3, -0.25) is 0 Å². The number of phenolic OH excluding ortho intramolecular Hbond substituents is 1. The number of rotatable bonds is 3. The van der Waals surface area contributed by atoms with Gasteiger partial charge in [0.25, 0.3) is 0 Å². The van der Waals surface area contributed by atoms with Crippen molar-refractivity contribution in [3.8, 4) is 17.2 Å². The van der Waals surface area contributed by atoms with Crippen molar-refractivity contribution in [2.24, 2.45) is 0 Å². The Hall–Kier alpha value is -2.20. The van der Waals surface area contributed by atoms with E-state index in [9.17, 15) is 10.2 Å². The molecule has 2 N–H and O–H groups in total. The Morgan fingerprint density at radius 3 is 2.50 bits per heavy atom. The third-order valence-corrected chi connectivity index (χ3v) is 3.34. The fourth-order valence-corrected chi connectivity index (χ4v) is 2.23. The van der Waals surface area contributed by atoms with Gasteiger partial charge >= 0.3 is 0 Å². The van der Waals surface area contributed by atoms with Crippen LogP contribution in [0.25, 0.3) is 0 Å². The summed E-state index contributed by atoms with van der Waals surface area (Å²) < 4.78 is 11.4. The van der Waals surface area contributed by atoms with Gasteiger partial charge in [0.05, 0.1) is 6.10 Å². The monoisotopic (exact) mass is 272 g/mol. The molecule has 0 amide bonds. The number of hydrogen-bond acceptors (Lipinski definition) is 4. The highest BCUT2D eigenvalue weighted by Gasteiger charge is 2.27. The van der Waals surface area contributed by atoms with Gasteiger partial charge in [0, 0.05) is 6.42 Å². The minimum atomic E-state index is -0.659. The Morgan fingerprint density at radius 2 is 1.75 bits per heavy atom. The van der Waals surface area contributed by atoms with Gasteiger partial charge < -0.3 is 19.7 Å². The zero-order valence-corrected chi connectivity index (χ0v) is 10.9. The van der Waals surface area contributed by atoms with E-state index in [1.54, 1.807) is 24.3 Å². The van der Waals surface area contributed by atoms with Gasteiger partial charge in [-0.25, -0.2) is 0 Å². The summed E-state index contributed by atoms with van der Waals surface area (Å²) in [5.74, 6) is 1.59. The van der Waals surface area contributed by atoms with Crippen LogP contribution in [0.5, 0.6) is 17.2 Å². The molecule has 0 saturated carbocycles. The molecule has 2 atom stereocenters. The maximum absolute atomic E-state index is 10.3. The van der Waals surface area contributed by atoms with Gasteiger partial charge in [-0.15, -0.1) is 0 Å². The van der Waals surface area contributed by atoms with Gasteiger partial charge in [-0.05, 0) is 29.8 Å². The molecule has 2 aromatic carbocycles. The second kappa shape index (κ2) is 5.43. The molecule has 0 radical (unpaired) electrons. The first-order chi connectivity index (χ1) is 9.72. The van der Waals surface area contributed by atoms with Crippen LogP contribution in [-0.2, 0) is 6.42 Å². The van der Waals surface area contributed by atoms with Crippen LogP contribution in [0.3, 0.4) is 0 Å². The van der Waals surface area contributed by atoms with E-state index >= 15 is 0 Å². The second-order valence-electron chi connectivity index (χ2n) is 4.85. The SMILES string of the molecule is Oc1ccc(CC(O)C2COc3ccccc3O2)cc1. The summed E-state index contributed by atoms with van der Waals surface area (Å²) in [6, 6.07) is 14.2. The predicted octanol–water partition coefficient (Wildman–Crippen LogP) is 2.14. The van der Waals surface area contributed by atoms with Crippen LogP contribution in [-0.4, -0.2) is 29.0 Å². The van der Waals surface area contributed by atoms with E-state index in [4.69, 9.17) is 9.47 Å². The van der Waals surface area contributed by atoms with Crippen molar-refractivity contribution in [2.45, 2.75) is 18.6 Å². The standard InChI is InChI=1S/C16H16O4/c17-12-7-5-11(6-8-12)9-13(18)16-10-19-14-3-1-2-4-15(14)20-16/h1-8,13,16-18H,9-10H2. The topological polar surface area (TPSA) is 58.9 Å². The molecule has 20 heavy (non-hydrogen) atoms. The summed E-state index contributed by atoms with van der Waals surface area (Å²) in [7, 11) is 0. The lowest BCUT2D eigenvalue weighted by Crippen LogP contribution is -2.40. The van der Waals surface area contributed by atoms with Gasteiger partial charge in [-0.2, -0.15) is 0 Å². The first-order valence-corrected chi connectivity index (χ1v) is 6.57. The van der Waals surface area contributed by atoms with Crippen LogP contribution >= 0.6 is 0 Å². The maximum Gasteiger partial charge on any atom is 0.161 e. The second-order valence-corrected chi connectivity index (χ2v) is 4.85. The summed E-state index contributed by atoms with van der Waals surface area (Å²) in [5, 5.41) is 19.5. The third-order valence-electron chi connectivity index (χ3n) is 3.34. The van der Waals surface area contributed by atoms with E-state index in [1.165, 1.54) is 0 Å². The normalized spacial score (nSPS) is 18.6. The van der Waals surface area contributed by atoms with Crippen molar-refractivity contribution >= 4 is 0 Å². The largest absolute Gasteiger partial charge is 0.508 e. The van der Waals surface area contributed by atoms with Crippen molar-refractivity contribution < 1.29 is 19.7 Å². The molecule has 4 heteroatoms. The summed E-state index contributed by atoms with van der Waals surface area (Å²) >= 11 is 0. The average molecular weight is 272 g/mol. The first kappa shape index (κ1) is 12.8. The molecule has 104 valence electrons. The molecule has 1 heterocycles. The fraction of sp³-hybridized carbons (Fsp3) is 0.250. The molecular formula is C16H16O4. The number of fused-ring (bicyclic) bond motifs is 1. The molecule has 4 nitrogen and oxygen atoms in total. The molecule has 0 saturated heterocycles. The van der Waals surface area contributed by atoms with Crippen molar-refractivity contribution in [2.75, 3.05) is 6.61 Å². The van der Waals surface area contributed by atoms with Crippen LogP contribution in [0.1, 0.15) is 5.56 Å². The number of phenols is 1. The highest BCUT2D eigenvalue weighted by Crippen LogP contribution is 2.32. The zero-order chi connectivity index (χ0) is 13.9. The summed E-state index contributed by atoms with van der Waals surface area (Å²) in [4.78, 5) is 0. The van der Waals surface area contributed by atoms with Crippen LogP contribution in [0.4, 0.5) is 0 Å². The summed E-state index contributed by atoms with van der Waals surface area (Å²) in [6.07, 6.45) is -0.595. The zero-order valence-electron chi connectivity index (χ0n) is 10.9. The number of hydrogen-bond donors (Lipinski definition) is 2. The molecule has 1 aliphatic rings. The van der Waals surface area contributed by atoms with Crippen LogP contribution in [0.2, 0.25) is 0 Å². The molecule has 0 aliphatic carbocycles. The Balaban J connectivity index is 1.67. The Bertz CT molecular complexity index is 579. The Kier molecular flexibility index (Phi) is 3.48. The minimum absolute atomic E-state index is 0.217. The molecule has 0 fully saturated rings. The third kappa shape index (κ3) is 2.70. The van der Waals surface area contributed by atoms with E-state index in [0.29, 0.717) is 24.5 Å². The fourth-order valence-electron chi connectivity index (χ4n) is 2.23. The van der Waals surface area contributed by atoms with Crippen LogP contribution in [0, 0.1) is 0 Å². The minimum Gasteiger partial charge on any atom is -0.508 e. The van der Waals surface area contributed by atoms with Crippen LogP contribution < -0.4 is 9.47 Å². The number of aliphatic hydroxyl groups excluding tert-OH is 1. The van der Waals surface area contributed by atoms with Gasteiger partial charge in [0.15, 0.2) is 17.6 Å². The highest BCUT2D eigenvalue weighted by molar-refractivity contribution is 5.40. The van der Waals surface area contributed by atoms with E-state index in [2.05, 4.69) is 0 Å². The number of aromatic hydroxyl groups is 1. The van der Waals surface area contributed by atoms with Crippen molar-refractivity contribution in [1.29, 1.82) is 0 Å². The van der Waals surface area contributed by atoms with E-state index in [1.807, 2.05) is 24.3 Å². The van der Waals surface area contributed by atoms with Gasteiger partial charge in [0.1, 0.15) is 12.4 Å². The number of aliphatic hydroxyl groups is 1. The Morgan fingerprint density at radius 1 is 1.05 bits per heavy atom. The van der Waals surface area contributed by atoms with Crippen molar-refractivity contribution in [3.63, 3.8) is 0 Å². The number of para-hydroxylation sites is 2. The average Bonchev–Trinajstić information content (AvgIpc) is 2.49. The molecule has 2 unspecified atom stereocenters. The maximum atomic E-state index is 10.3. The van der Waals surface area contributed by atoms with E-state index in [0.717, 1.165) is 5.56 Å².